The fourth-order valence-corrected chi connectivity index (χ4v) is 2.17. The van der Waals surface area contributed by atoms with Crippen LogP contribution >= 0.6 is 0 Å². The number of hydrogen-bond acceptors (Lipinski definition) is 4. The highest BCUT2D eigenvalue weighted by Gasteiger charge is 2.32. The molecule has 0 radical (unpaired) electrons. The highest BCUT2D eigenvalue weighted by molar-refractivity contribution is 5.79. The average molecular weight is 420 g/mol. The number of nitrogens with one attached hydrogen (secondary N) is 3. The summed E-state index contributed by atoms with van der Waals surface area (Å²) in [5.41, 5.74) is -1.15. The number of halogens is 6. The number of alkyl halides is 6. The van der Waals surface area contributed by atoms with Gasteiger partial charge in [0.05, 0.1) is 5.56 Å². The molecular formula is C17H18F6N6. The van der Waals surface area contributed by atoms with Gasteiger partial charge in [0.15, 0.2) is 5.96 Å². The van der Waals surface area contributed by atoms with Gasteiger partial charge in [0, 0.05) is 32.9 Å². The topological polar surface area (TPSA) is 74.2 Å². The molecule has 0 spiro atoms. The third-order valence-corrected chi connectivity index (χ3v) is 3.61. The van der Waals surface area contributed by atoms with Crippen molar-refractivity contribution in [1.29, 1.82) is 0 Å². The predicted molar refractivity (Wildman–Crippen MR) is 95.2 cm³/mol. The molecular weight excluding hydrogens is 402 g/mol. The number of anilines is 1. The van der Waals surface area contributed by atoms with E-state index in [-0.39, 0.29) is 25.6 Å². The van der Waals surface area contributed by atoms with Gasteiger partial charge in [-0.1, -0.05) is 12.1 Å². The van der Waals surface area contributed by atoms with Gasteiger partial charge in [-0.2, -0.15) is 26.3 Å². The van der Waals surface area contributed by atoms with Gasteiger partial charge in [-0.05, 0) is 23.8 Å². The molecule has 0 unspecified atom stereocenters. The molecule has 158 valence electrons. The number of nitrogens with zero attached hydrogens (tertiary/aromatic N) is 3. The fourth-order valence-electron chi connectivity index (χ4n) is 2.17. The Hall–Kier alpha value is -3.05. The lowest BCUT2D eigenvalue weighted by atomic mass is 10.1. The summed E-state index contributed by atoms with van der Waals surface area (Å²) in [5, 5.41) is 8.49. The van der Waals surface area contributed by atoms with Crippen molar-refractivity contribution >= 4 is 11.9 Å². The first-order valence-corrected chi connectivity index (χ1v) is 8.34. The van der Waals surface area contributed by atoms with Crippen molar-refractivity contribution < 1.29 is 26.3 Å². The second-order valence-corrected chi connectivity index (χ2v) is 5.74. The van der Waals surface area contributed by atoms with Crippen LogP contribution in [-0.4, -0.2) is 36.1 Å². The summed E-state index contributed by atoms with van der Waals surface area (Å²) in [4.78, 5) is 11.1. The maximum Gasteiger partial charge on any atom is 0.433 e. The molecule has 1 heterocycles. The number of aromatic nitrogens is 2. The van der Waals surface area contributed by atoms with Gasteiger partial charge >= 0.3 is 12.4 Å². The molecule has 0 bridgehead atoms. The molecule has 29 heavy (non-hydrogen) atoms. The molecule has 0 atom stereocenters. The molecule has 3 N–H and O–H groups in total. The number of guanidine groups is 1. The Kier molecular flexibility index (Phi) is 7.23. The minimum absolute atomic E-state index is 0.158. The monoisotopic (exact) mass is 420 g/mol. The summed E-state index contributed by atoms with van der Waals surface area (Å²) in [6.07, 6.45) is -7.93. The van der Waals surface area contributed by atoms with Crippen molar-refractivity contribution in [3.05, 3.63) is 53.3 Å². The summed E-state index contributed by atoms with van der Waals surface area (Å²) in [6, 6.07) is 5.47. The van der Waals surface area contributed by atoms with Gasteiger partial charge in [0.25, 0.3) is 0 Å². The van der Waals surface area contributed by atoms with Crippen LogP contribution < -0.4 is 16.0 Å². The summed E-state index contributed by atoms with van der Waals surface area (Å²) in [6.45, 7) is 0.733. The molecule has 0 aliphatic carbocycles. The average Bonchev–Trinajstić information content (AvgIpc) is 2.66. The standard InChI is InChI=1S/C17H18F6N6/c1-24-14(28-10-11-2-4-12(5-3-11)16(18,19)20)26-8-9-27-15-25-7-6-13(29-15)17(21,22)23/h2-7H,8-10H2,1H3,(H2,24,26,28)(H,25,27,29). The van der Waals surface area contributed by atoms with Crippen molar-refractivity contribution in [2.45, 2.75) is 18.9 Å². The first kappa shape index (κ1) is 22.2. The highest BCUT2D eigenvalue weighted by atomic mass is 19.4. The maximum atomic E-state index is 12.6. The Morgan fingerprint density at radius 1 is 0.931 bits per heavy atom. The number of hydrogen-bond donors (Lipinski definition) is 3. The third kappa shape index (κ3) is 7.12. The zero-order valence-electron chi connectivity index (χ0n) is 15.2. The largest absolute Gasteiger partial charge is 0.433 e. The van der Waals surface area contributed by atoms with E-state index in [0.717, 1.165) is 24.4 Å². The summed E-state index contributed by atoms with van der Waals surface area (Å²) in [5.74, 6) is 0.214. The van der Waals surface area contributed by atoms with E-state index >= 15 is 0 Å². The Morgan fingerprint density at radius 2 is 1.62 bits per heavy atom. The van der Waals surface area contributed by atoms with Gasteiger partial charge in [-0.25, -0.2) is 9.97 Å². The number of benzene rings is 1. The first-order valence-electron chi connectivity index (χ1n) is 8.34. The molecule has 1 aromatic heterocycles. The lowest BCUT2D eigenvalue weighted by Crippen LogP contribution is -2.39. The van der Waals surface area contributed by atoms with Crippen LogP contribution in [0.15, 0.2) is 41.5 Å². The van der Waals surface area contributed by atoms with E-state index in [1.165, 1.54) is 19.2 Å². The highest BCUT2D eigenvalue weighted by Crippen LogP contribution is 2.29. The van der Waals surface area contributed by atoms with E-state index in [2.05, 4.69) is 30.9 Å². The molecule has 6 nitrogen and oxygen atoms in total. The molecule has 0 saturated carbocycles. The lowest BCUT2D eigenvalue weighted by molar-refractivity contribution is -0.141. The number of rotatable bonds is 6. The molecule has 0 fully saturated rings. The van der Waals surface area contributed by atoms with Crippen LogP contribution in [0.1, 0.15) is 16.8 Å². The van der Waals surface area contributed by atoms with Crippen molar-refractivity contribution in [3.8, 4) is 0 Å². The minimum Gasteiger partial charge on any atom is -0.355 e. The van der Waals surface area contributed by atoms with Crippen LogP contribution in [0.3, 0.4) is 0 Å². The van der Waals surface area contributed by atoms with Crippen molar-refractivity contribution in [1.82, 2.24) is 20.6 Å². The second-order valence-electron chi connectivity index (χ2n) is 5.74. The van der Waals surface area contributed by atoms with Crippen LogP contribution in [0.25, 0.3) is 0 Å². The van der Waals surface area contributed by atoms with Crippen LogP contribution in [0.2, 0.25) is 0 Å². The van der Waals surface area contributed by atoms with E-state index in [0.29, 0.717) is 11.5 Å². The van der Waals surface area contributed by atoms with Crippen molar-refractivity contribution in [2.24, 2.45) is 4.99 Å². The van der Waals surface area contributed by atoms with Gasteiger partial charge in [0.2, 0.25) is 5.95 Å². The Labute approximate surface area is 162 Å². The Balaban J connectivity index is 1.77. The first-order chi connectivity index (χ1) is 13.6. The zero-order valence-corrected chi connectivity index (χ0v) is 15.2. The van der Waals surface area contributed by atoms with E-state index in [1.54, 1.807) is 0 Å². The minimum atomic E-state index is -4.55. The second kappa shape index (κ2) is 9.43. The van der Waals surface area contributed by atoms with E-state index in [1.807, 2.05) is 0 Å². The van der Waals surface area contributed by atoms with Crippen LogP contribution in [0, 0.1) is 0 Å². The molecule has 0 aliphatic heterocycles. The Bertz CT molecular complexity index is 816. The maximum absolute atomic E-state index is 12.6. The van der Waals surface area contributed by atoms with Crippen LogP contribution in [0.4, 0.5) is 32.3 Å². The molecule has 0 aliphatic rings. The Morgan fingerprint density at radius 3 is 2.21 bits per heavy atom. The molecule has 0 saturated heterocycles. The molecule has 2 aromatic rings. The van der Waals surface area contributed by atoms with E-state index < -0.39 is 23.6 Å². The van der Waals surface area contributed by atoms with Crippen LogP contribution in [-0.2, 0) is 18.9 Å². The predicted octanol–water partition coefficient (Wildman–Crippen LogP) is 3.29. The third-order valence-electron chi connectivity index (χ3n) is 3.61. The van der Waals surface area contributed by atoms with Crippen LogP contribution in [0.5, 0.6) is 0 Å². The quantitative estimate of drug-likeness (QED) is 0.290. The van der Waals surface area contributed by atoms with E-state index in [4.69, 9.17) is 0 Å². The number of aliphatic imine (C=N–C) groups is 1. The van der Waals surface area contributed by atoms with Crippen molar-refractivity contribution in [2.75, 3.05) is 25.5 Å². The molecule has 0 amide bonds. The van der Waals surface area contributed by atoms with E-state index in [9.17, 15) is 26.3 Å². The lowest BCUT2D eigenvalue weighted by Gasteiger charge is -2.13. The summed E-state index contributed by atoms with van der Waals surface area (Å²) >= 11 is 0. The zero-order chi connectivity index (χ0) is 21.5. The molecule has 1 aromatic carbocycles. The smallest absolute Gasteiger partial charge is 0.355 e. The van der Waals surface area contributed by atoms with Gasteiger partial charge in [0.1, 0.15) is 5.69 Å². The van der Waals surface area contributed by atoms with Gasteiger partial charge in [-0.3, -0.25) is 4.99 Å². The molecule has 2 rings (SSSR count). The van der Waals surface area contributed by atoms with Gasteiger partial charge < -0.3 is 16.0 Å². The summed E-state index contributed by atoms with van der Waals surface area (Å²) < 4.78 is 75.5. The molecule has 12 heteroatoms. The fraction of sp³-hybridized carbons (Fsp3) is 0.353. The normalized spacial score (nSPS) is 12.6. The van der Waals surface area contributed by atoms with Gasteiger partial charge in [-0.15, -0.1) is 0 Å². The van der Waals surface area contributed by atoms with Crippen molar-refractivity contribution in [3.63, 3.8) is 0 Å². The summed E-state index contributed by atoms with van der Waals surface area (Å²) in [7, 11) is 1.51. The SMILES string of the molecule is CN=C(NCCNc1nccc(C(F)(F)F)n1)NCc1ccc(C(F)(F)F)cc1.